The van der Waals surface area contributed by atoms with Crippen LogP contribution in [-0.2, 0) is 0 Å². The maximum Gasteiger partial charge on any atom is 0.187 e. The third-order valence-corrected chi connectivity index (χ3v) is 4.60. The predicted molar refractivity (Wildman–Crippen MR) is 96.2 cm³/mol. The Morgan fingerprint density at radius 3 is 2.45 bits per heavy atom. The molecule has 112 valence electrons. The van der Waals surface area contributed by atoms with E-state index in [9.17, 15) is 0 Å². The Labute approximate surface area is 135 Å². The predicted octanol–water partition coefficient (Wildman–Crippen LogP) is 5.79. The van der Waals surface area contributed by atoms with Gasteiger partial charge in [0.15, 0.2) is 5.13 Å². The molecule has 3 aromatic rings. The van der Waals surface area contributed by atoms with E-state index in [1.807, 2.05) is 0 Å². The molecule has 2 nitrogen and oxygen atoms in total. The fourth-order valence-corrected chi connectivity index (χ4v) is 3.39. The van der Waals surface area contributed by atoms with E-state index in [1.54, 1.807) is 11.3 Å². The van der Waals surface area contributed by atoms with Gasteiger partial charge in [-0.3, -0.25) is 0 Å². The Kier molecular flexibility index (Phi) is 3.99. The lowest BCUT2D eigenvalue weighted by molar-refractivity contribution is 1.31. The molecule has 0 saturated heterocycles. The number of benzene rings is 2. The van der Waals surface area contributed by atoms with Gasteiger partial charge in [0.05, 0.1) is 5.69 Å². The first kappa shape index (κ1) is 14.8. The van der Waals surface area contributed by atoms with Gasteiger partial charge in [0.2, 0.25) is 0 Å². The molecule has 0 fully saturated rings. The Morgan fingerprint density at radius 2 is 1.68 bits per heavy atom. The molecule has 2 aromatic carbocycles. The zero-order valence-electron chi connectivity index (χ0n) is 13.4. The molecule has 0 spiro atoms. The van der Waals surface area contributed by atoms with E-state index < -0.39 is 0 Å². The van der Waals surface area contributed by atoms with Crippen molar-refractivity contribution < 1.29 is 0 Å². The fraction of sp³-hybridized carbons (Fsp3) is 0.211. The summed E-state index contributed by atoms with van der Waals surface area (Å²) in [4.78, 5) is 6.05. The van der Waals surface area contributed by atoms with Gasteiger partial charge in [0.1, 0.15) is 0 Å². The second-order valence-electron chi connectivity index (χ2n) is 5.74. The number of nitrogens with zero attached hydrogens (tertiary/aromatic N) is 1. The van der Waals surface area contributed by atoms with Crippen LogP contribution in [0.2, 0.25) is 0 Å². The van der Waals surface area contributed by atoms with Gasteiger partial charge in [-0.2, -0.15) is 0 Å². The number of hydrogen-bond donors (Lipinski definition) is 1. The van der Waals surface area contributed by atoms with Crippen LogP contribution in [0.15, 0.2) is 42.5 Å². The van der Waals surface area contributed by atoms with Crippen LogP contribution in [0.25, 0.3) is 11.3 Å². The Balaban J connectivity index is 1.95. The molecule has 0 unspecified atom stereocenters. The molecule has 0 atom stereocenters. The SMILES string of the molecule is Cc1cccc(Nc2nc(-c3cc(C)ccc3C)c(C)s2)c1. The van der Waals surface area contributed by atoms with E-state index in [2.05, 4.69) is 75.5 Å². The third kappa shape index (κ3) is 3.04. The summed E-state index contributed by atoms with van der Waals surface area (Å²) in [6, 6.07) is 14.9. The Bertz CT molecular complexity index is 818. The van der Waals surface area contributed by atoms with Crippen LogP contribution >= 0.6 is 11.3 Å². The van der Waals surface area contributed by atoms with Crippen molar-refractivity contribution in [3.8, 4) is 11.3 Å². The molecule has 0 amide bonds. The largest absolute Gasteiger partial charge is 0.332 e. The van der Waals surface area contributed by atoms with Crippen LogP contribution in [0.5, 0.6) is 0 Å². The number of nitrogens with one attached hydrogen (secondary N) is 1. The van der Waals surface area contributed by atoms with E-state index >= 15 is 0 Å². The highest BCUT2D eigenvalue weighted by molar-refractivity contribution is 7.16. The highest BCUT2D eigenvalue weighted by Gasteiger charge is 2.12. The fourth-order valence-electron chi connectivity index (χ4n) is 2.54. The maximum absolute atomic E-state index is 4.81. The van der Waals surface area contributed by atoms with Crippen LogP contribution in [0.4, 0.5) is 10.8 Å². The highest BCUT2D eigenvalue weighted by Crippen LogP contribution is 2.34. The number of anilines is 2. The minimum Gasteiger partial charge on any atom is -0.332 e. The smallest absolute Gasteiger partial charge is 0.187 e. The number of thiazole rings is 1. The highest BCUT2D eigenvalue weighted by atomic mass is 32.1. The number of aryl methyl sites for hydroxylation is 4. The molecule has 22 heavy (non-hydrogen) atoms. The van der Waals surface area contributed by atoms with Crippen LogP contribution in [0, 0.1) is 27.7 Å². The van der Waals surface area contributed by atoms with E-state index in [0.29, 0.717) is 0 Å². The number of aromatic nitrogens is 1. The molecule has 1 aromatic heterocycles. The average Bonchev–Trinajstić information content (AvgIpc) is 2.82. The van der Waals surface area contributed by atoms with Gasteiger partial charge in [-0.15, -0.1) is 11.3 Å². The van der Waals surface area contributed by atoms with E-state index in [1.165, 1.54) is 27.1 Å². The lowest BCUT2D eigenvalue weighted by atomic mass is 10.0. The lowest BCUT2D eigenvalue weighted by Crippen LogP contribution is -1.91. The van der Waals surface area contributed by atoms with Gasteiger partial charge < -0.3 is 5.32 Å². The number of hydrogen-bond acceptors (Lipinski definition) is 3. The normalized spacial score (nSPS) is 10.7. The molecule has 1 heterocycles. The topological polar surface area (TPSA) is 24.9 Å². The minimum atomic E-state index is 0.944. The summed E-state index contributed by atoms with van der Waals surface area (Å²) in [7, 11) is 0. The Hall–Kier alpha value is -2.13. The first-order chi connectivity index (χ1) is 10.5. The van der Waals surface area contributed by atoms with Gasteiger partial charge in [0, 0.05) is 16.1 Å². The third-order valence-electron chi connectivity index (χ3n) is 3.71. The first-order valence-electron chi connectivity index (χ1n) is 7.41. The van der Waals surface area contributed by atoms with Gasteiger partial charge in [0.25, 0.3) is 0 Å². The minimum absolute atomic E-state index is 0.944. The molecule has 0 saturated carbocycles. The van der Waals surface area contributed by atoms with E-state index in [0.717, 1.165) is 16.5 Å². The van der Waals surface area contributed by atoms with Crippen molar-refractivity contribution in [2.45, 2.75) is 27.7 Å². The van der Waals surface area contributed by atoms with Crippen molar-refractivity contribution in [3.63, 3.8) is 0 Å². The molecule has 1 N–H and O–H groups in total. The van der Waals surface area contributed by atoms with Crippen LogP contribution in [0.1, 0.15) is 21.6 Å². The summed E-state index contributed by atoms with van der Waals surface area (Å²) in [5.74, 6) is 0. The summed E-state index contributed by atoms with van der Waals surface area (Å²) < 4.78 is 0. The van der Waals surface area contributed by atoms with Crippen molar-refractivity contribution in [1.82, 2.24) is 4.98 Å². The standard InChI is InChI=1S/C19H20N2S/c1-12-6-5-7-16(10-12)20-19-21-18(15(4)22-19)17-11-13(2)8-9-14(17)3/h5-11H,1-4H3,(H,20,21). The summed E-state index contributed by atoms with van der Waals surface area (Å²) in [5, 5.41) is 4.36. The van der Waals surface area contributed by atoms with Crippen LogP contribution in [0.3, 0.4) is 0 Å². The van der Waals surface area contributed by atoms with Crippen molar-refractivity contribution in [2.75, 3.05) is 5.32 Å². The summed E-state index contributed by atoms with van der Waals surface area (Å²) in [5.41, 5.74) is 7.17. The summed E-state index contributed by atoms with van der Waals surface area (Å²) in [6.07, 6.45) is 0. The van der Waals surface area contributed by atoms with Crippen molar-refractivity contribution in [2.24, 2.45) is 0 Å². The van der Waals surface area contributed by atoms with Crippen LogP contribution in [-0.4, -0.2) is 4.98 Å². The maximum atomic E-state index is 4.81. The molecule has 0 bridgehead atoms. The molecule has 0 aliphatic carbocycles. The summed E-state index contributed by atoms with van der Waals surface area (Å²) >= 11 is 1.70. The van der Waals surface area contributed by atoms with Crippen molar-refractivity contribution >= 4 is 22.2 Å². The molecule has 3 heteroatoms. The zero-order valence-corrected chi connectivity index (χ0v) is 14.2. The Morgan fingerprint density at radius 1 is 0.909 bits per heavy atom. The quantitative estimate of drug-likeness (QED) is 0.662. The number of rotatable bonds is 3. The average molecular weight is 308 g/mol. The molecule has 3 rings (SSSR count). The molecule has 0 radical (unpaired) electrons. The zero-order chi connectivity index (χ0) is 15.7. The molecular formula is C19H20N2S. The van der Waals surface area contributed by atoms with Crippen LogP contribution < -0.4 is 5.32 Å². The van der Waals surface area contributed by atoms with Gasteiger partial charge in [-0.1, -0.05) is 29.8 Å². The monoisotopic (exact) mass is 308 g/mol. The van der Waals surface area contributed by atoms with Gasteiger partial charge in [-0.25, -0.2) is 4.98 Å². The second kappa shape index (κ2) is 5.93. The van der Waals surface area contributed by atoms with Crippen molar-refractivity contribution in [3.05, 3.63) is 64.0 Å². The van der Waals surface area contributed by atoms with E-state index in [4.69, 9.17) is 4.98 Å². The second-order valence-corrected chi connectivity index (χ2v) is 6.94. The lowest BCUT2D eigenvalue weighted by Gasteiger charge is -2.05. The van der Waals surface area contributed by atoms with E-state index in [-0.39, 0.29) is 0 Å². The molecule has 0 aliphatic rings. The molecule has 0 aliphatic heterocycles. The van der Waals surface area contributed by atoms with Gasteiger partial charge in [-0.05, 0) is 57.0 Å². The molecular weight excluding hydrogens is 288 g/mol. The van der Waals surface area contributed by atoms with Gasteiger partial charge >= 0.3 is 0 Å². The summed E-state index contributed by atoms with van der Waals surface area (Å²) in [6.45, 7) is 8.49. The van der Waals surface area contributed by atoms with Crippen molar-refractivity contribution in [1.29, 1.82) is 0 Å². The first-order valence-corrected chi connectivity index (χ1v) is 8.23.